The van der Waals surface area contributed by atoms with Gasteiger partial charge in [0.1, 0.15) is 17.7 Å². The van der Waals surface area contributed by atoms with E-state index in [2.05, 4.69) is 11.1 Å². The number of esters is 1. The Balaban J connectivity index is 0.000000186. The molecule has 7 nitrogen and oxygen atoms in total. The number of para-hydroxylation sites is 1. The van der Waals surface area contributed by atoms with Gasteiger partial charge in [-0.15, -0.1) is 0 Å². The lowest BCUT2D eigenvalue weighted by atomic mass is 10.1. The second kappa shape index (κ2) is 11.9. The number of aromatic amines is 1. The third-order valence-corrected chi connectivity index (χ3v) is 5.45. The number of benzene rings is 2. The molecule has 2 aromatic carbocycles. The number of urea groups is 1. The van der Waals surface area contributed by atoms with Gasteiger partial charge in [0.15, 0.2) is 0 Å². The summed E-state index contributed by atoms with van der Waals surface area (Å²) >= 11 is 0. The Hall–Kier alpha value is -3.55. The van der Waals surface area contributed by atoms with Crippen molar-refractivity contribution < 1.29 is 23.5 Å². The van der Waals surface area contributed by atoms with Gasteiger partial charge in [-0.3, -0.25) is 4.79 Å². The van der Waals surface area contributed by atoms with Crippen molar-refractivity contribution in [3.63, 3.8) is 0 Å². The first-order valence-electron chi connectivity index (χ1n) is 11.1. The zero-order valence-electron chi connectivity index (χ0n) is 18.8. The molecule has 0 spiro atoms. The summed E-state index contributed by atoms with van der Waals surface area (Å²) in [6, 6.07) is 13.7. The zero-order valence-corrected chi connectivity index (χ0v) is 18.8. The first-order chi connectivity index (χ1) is 16.0. The first kappa shape index (κ1) is 24.1. The number of fused-ring (bicyclic) bond motifs is 1. The summed E-state index contributed by atoms with van der Waals surface area (Å²) in [6.45, 7) is 3.50. The quantitative estimate of drug-likeness (QED) is 0.538. The van der Waals surface area contributed by atoms with E-state index in [0.717, 1.165) is 24.8 Å². The topological polar surface area (TPSA) is 97.7 Å². The molecule has 0 radical (unpaired) electrons. The third kappa shape index (κ3) is 7.24. The number of nitrogens with two attached hydrogens (primary N) is 1. The highest BCUT2D eigenvalue weighted by atomic mass is 19.1. The third-order valence-electron chi connectivity index (χ3n) is 5.45. The largest absolute Gasteiger partial charge is 0.490 e. The fourth-order valence-corrected chi connectivity index (χ4v) is 3.71. The Morgan fingerprint density at radius 2 is 1.82 bits per heavy atom. The van der Waals surface area contributed by atoms with Gasteiger partial charge in [0, 0.05) is 49.5 Å². The molecule has 8 heteroatoms. The molecular weight excluding hydrogens is 425 g/mol. The van der Waals surface area contributed by atoms with Crippen LogP contribution in [0.15, 0.2) is 54.7 Å². The number of ether oxygens (including phenoxy) is 2. The number of aromatic nitrogens is 1. The van der Waals surface area contributed by atoms with E-state index in [1.165, 1.54) is 23.1 Å². The maximum atomic E-state index is 12.7. The number of likely N-dealkylation sites (tertiary alicyclic amines) is 1. The lowest BCUT2D eigenvalue weighted by Crippen LogP contribution is -2.44. The predicted molar refractivity (Wildman–Crippen MR) is 124 cm³/mol. The minimum atomic E-state index is -0.384. The highest BCUT2D eigenvalue weighted by molar-refractivity contribution is 5.83. The lowest BCUT2D eigenvalue weighted by Gasteiger charge is -2.30. The summed E-state index contributed by atoms with van der Waals surface area (Å²) < 4.78 is 23.3. The summed E-state index contributed by atoms with van der Waals surface area (Å²) in [4.78, 5) is 27.0. The van der Waals surface area contributed by atoms with E-state index in [9.17, 15) is 14.0 Å². The van der Waals surface area contributed by atoms with Crippen LogP contribution in [-0.2, 0) is 16.0 Å². The van der Waals surface area contributed by atoms with Gasteiger partial charge in [0.25, 0.3) is 0 Å². The molecule has 3 aromatic rings. The minimum absolute atomic E-state index is 0.0658. The highest BCUT2D eigenvalue weighted by Gasteiger charge is 2.22. The number of carbonyl (C=O) groups is 2. The molecule has 1 saturated heterocycles. The molecule has 4 rings (SSSR count). The zero-order chi connectivity index (χ0) is 23.6. The smallest absolute Gasteiger partial charge is 0.314 e. The van der Waals surface area contributed by atoms with E-state index < -0.39 is 0 Å². The number of nitrogens with zero attached hydrogens (tertiary/aromatic N) is 1. The second-order valence-electron chi connectivity index (χ2n) is 7.76. The van der Waals surface area contributed by atoms with E-state index >= 15 is 0 Å². The molecule has 1 aliphatic heterocycles. The van der Waals surface area contributed by atoms with Gasteiger partial charge in [0.2, 0.25) is 0 Å². The minimum Gasteiger partial charge on any atom is -0.490 e. The maximum absolute atomic E-state index is 12.7. The van der Waals surface area contributed by atoms with E-state index in [4.69, 9.17) is 15.2 Å². The molecule has 2 amide bonds. The molecule has 0 unspecified atom stereocenters. The average Bonchev–Trinajstić information content (AvgIpc) is 3.23. The van der Waals surface area contributed by atoms with E-state index in [-0.39, 0.29) is 23.9 Å². The van der Waals surface area contributed by atoms with E-state index in [0.29, 0.717) is 31.9 Å². The van der Waals surface area contributed by atoms with Crippen LogP contribution < -0.4 is 10.5 Å². The number of hydrogen-bond donors (Lipinski definition) is 2. The molecule has 0 aliphatic carbocycles. The molecule has 1 aliphatic rings. The van der Waals surface area contributed by atoms with Crippen LogP contribution in [0.2, 0.25) is 0 Å². The molecule has 2 heterocycles. The summed E-state index contributed by atoms with van der Waals surface area (Å²) in [5.74, 6) is 0.248. The Labute approximate surface area is 192 Å². The normalized spacial score (nSPS) is 13.8. The fourth-order valence-electron chi connectivity index (χ4n) is 3.71. The number of primary amides is 1. The Kier molecular flexibility index (Phi) is 8.69. The van der Waals surface area contributed by atoms with Crippen LogP contribution >= 0.6 is 0 Å². The van der Waals surface area contributed by atoms with Crippen molar-refractivity contribution in [1.29, 1.82) is 0 Å². The number of H-pyrrole nitrogens is 1. The fraction of sp³-hybridized carbons (Fsp3) is 0.360. The maximum Gasteiger partial charge on any atom is 0.314 e. The average molecular weight is 456 g/mol. The lowest BCUT2D eigenvalue weighted by molar-refractivity contribution is -0.143. The van der Waals surface area contributed by atoms with Gasteiger partial charge in [-0.05, 0) is 49.2 Å². The number of halogens is 1. The molecule has 33 heavy (non-hydrogen) atoms. The van der Waals surface area contributed by atoms with Gasteiger partial charge in [-0.25, -0.2) is 9.18 Å². The molecule has 0 atom stereocenters. The van der Waals surface area contributed by atoms with Crippen molar-refractivity contribution in [2.45, 2.75) is 38.7 Å². The van der Waals surface area contributed by atoms with Crippen molar-refractivity contribution >= 4 is 22.9 Å². The van der Waals surface area contributed by atoms with Crippen LogP contribution in [0, 0.1) is 5.82 Å². The molecule has 3 N–H and O–H groups in total. The first-order valence-corrected chi connectivity index (χ1v) is 11.1. The Morgan fingerprint density at radius 3 is 2.48 bits per heavy atom. The number of nitrogens with one attached hydrogen (secondary N) is 1. The standard InChI is InChI=1S/C13H15NO2.C12H15FN2O2/c1-2-16-13(15)8-7-10-9-14-12-6-4-3-5-11(10)12;13-9-1-3-10(4-2-9)17-11-5-7-15(8-6-11)12(14)16/h3-6,9,14H,2,7-8H2,1H3;1-4,11H,5-8H2,(H2,14,16). The predicted octanol–water partition coefficient (Wildman–Crippen LogP) is 4.41. The van der Waals surface area contributed by atoms with Gasteiger partial charge < -0.3 is 25.1 Å². The van der Waals surface area contributed by atoms with Crippen LogP contribution in [0.5, 0.6) is 5.75 Å². The molecule has 0 saturated carbocycles. The molecule has 1 fully saturated rings. The Bertz CT molecular complexity index is 1040. The summed E-state index contributed by atoms with van der Waals surface area (Å²) in [5, 5.41) is 1.19. The highest BCUT2D eigenvalue weighted by Crippen LogP contribution is 2.20. The number of amides is 2. The van der Waals surface area contributed by atoms with Gasteiger partial charge >= 0.3 is 12.0 Å². The van der Waals surface area contributed by atoms with Crippen molar-refractivity contribution in [3.8, 4) is 5.75 Å². The number of aryl methyl sites for hydroxylation is 1. The van der Waals surface area contributed by atoms with Crippen molar-refractivity contribution in [2.24, 2.45) is 5.73 Å². The summed E-state index contributed by atoms with van der Waals surface area (Å²) in [6.07, 6.45) is 4.69. The SMILES string of the molecule is CCOC(=O)CCc1c[nH]c2ccccc12.NC(=O)N1CCC(Oc2ccc(F)cc2)CC1. The van der Waals surface area contributed by atoms with Crippen LogP contribution in [0.3, 0.4) is 0 Å². The molecule has 0 bridgehead atoms. The van der Waals surface area contributed by atoms with E-state index in [1.54, 1.807) is 17.0 Å². The number of hydrogen-bond acceptors (Lipinski definition) is 4. The molecule has 176 valence electrons. The van der Waals surface area contributed by atoms with Gasteiger partial charge in [-0.2, -0.15) is 0 Å². The van der Waals surface area contributed by atoms with Crippen molar-refractivity contribution in [1.82, 2.24) is 9.88 Å². The van der Waals surface area contributed by atoms with Crippen molar-refractivity contribution in [3.05, 3.63) is 66.1 Å². The van der Waals surface area contributed by atoms with Crippen LogP contribution in [-0.4, -0.2) is 47.7 Å². The summed E-state index contributed by atoms with van der Waals surface area (Å²) in [7, 11) is 0. The van der Waals surface area contributed by atoms with Crippen LogP contribution in [0.25, 0.3) is 10.9 Å². The van der Waals surface area contributed by atoms with Crippen LogP contribution in [0.1, 0.15) is 31.7 Å². The van der Waals surface area contributed by atoms with Gasteiger partial charge in [0.05, 0.1) is 6.61 Å². The number of carbonyl (C=O) groups excluding carboxylic acids is 2. The monoisotopic (exact) mass is 455 g/mol. The summed E-state index contributed by atoms with van der Waals surface area (Å²) in [5.41, 5.74) is 7.47. The van der Waals surface area contributed by atoms with Crippen molar-refractivity contribution in [2.75, 3.05) is 19.7 Å². The van der Waals surface area contributed by atoms with E-state index in [1.807, 2.05) is 31.3 Å². The van der Waals surface area contributed by atoms with Crippen LogP contribution in [0.4, 0.5) is 9.18 Å². The number of rotatable bonds is 6. The Morgan fingerprint density at radius 1 is 1.12 bits per heavy atom. The second-order valence-corrected chi connectivity index (χ2v) is 7.76. The van der Waals surface area contributed by atoms with Gasteiger partial charge in [-0.1, -0.05) is 18.2 Å². The number of piperidine rings is 1. The molecular formula is C25H30FN3O4. The molecule has 1 aromatic heterocycles.